The summed E-state index contributed by atoms with van der Waals surface area (Å²) in [6.45, 7) is 2.23. The lowest BCUT2D eigenvalue weighted by atomic mass is 10.1. The summed E-state index contributed by atoms with van der Waals surface area (Å²) in [7, 11) is 0. The van der Waals surface area contributed by atoms with Crippen molar-refractivity contribution in [2.24, 2.45) is 0 Å². The molecule has 1 heterocycles. The molecule has 1 rings (SSSR count). The van der Waals surface area contributed by atoms with Crippen molar-refractivity contribution in [2.75, 3.05) is 0 Å². The lowest BCUT2D eigenvalue weighted by Gasteiger charge is -2.01. The molecule has 0 aliphatic carbocycles. The number of aryl methyl sites for hydroxylation is 1. The van der Waals surface area contributed by atoms with Gasteiger partial charge in [-0.25, -0.2) is 0 Å². The lowest BCUT2D eigenvalue weighted by molar-refractivity contribution is 0.607. The molecule has 0 aromatic carbocycles. The number of unbranched alkanes of at least 4 members (excludes halogenated alkanes) is 5. The molecule has 0 spiro atoms. The molecule has 0 saturated heterocycles. The van der Waals surface area contributed by atoms with Gasteiger partial charge in [-0.15, -0.1) is 0 Å². The van der Waals surface area contributed by atoms with Crippen LogP contribution in [0.3, 0.4) is 0 Å². The molecule has 0 atom stereocenters. The van der Waals surface area contributed by atoms with Crippen LogP contribution in [0.1, 0.15) is 51.0 Å². The van der Waals surface area contributed by atoms with Gasteiger partial charge < -0.3 is 4.98 Å². The number of aromatic nitrogens is 1. The van der Waals surface area contributed by atoms with Crippen LogP contribution in [0.15, 0.2) is 23.1 Å². The van der Waals surface area contributed by atoms with Gasteiger partial charge in [0.2, 0.25) is 5.56 Å². The highest BCUT2D eigenvalue weighted by Gasteiger charge is 1.94. The molecule has 2 nitrogen and oxygen atoms in total. The number of nitrogens with one attached hydrogen (secondary N) is 1. The molecule has 0 aliphatic rings. The van der Waals surface area contributed by atoms with Crippen LogP contribution in [0.2, 0.25) is 0 Å². The summed E-state index contributed by atoms with van der Waals surface area (Å²) in [5, 5.41) is 0. The monoisotopic (exact) mass is 207 g/mol. The van der Waals surface area contributed by atoms with Gasteiger partial charge in [-0.1, -0.05) is 39.0 Å². The minimum absolute atomic E-state index is 0.0125. The smallest absolute Gasteiger partial charge is 0.248 e. The predicted molar refractivity (Wildman–Crippen MR) is 64.1 cm³/mol. The van der Waals surface area contributed by atoms with E-state index in [0.29, 0.717) is 0 Å². The molecule has 15 heavy (non-hydrogen) atoms. The van der Waals surface area contributed by atoms with Crippen molar-refractivity contribution in [3.05, 3.63) is 34.2 Å². The van der Waals surface area contributed by atoms with E-state index in [1.807, 2.05) is 6.07 Å². The molecule has 0 aliphatic heterocycles. The van der Waals surface area contributed by atoms with Gasteiger partial charge >= 0.3 is 0 Å². The summed E-state index contributed by atoms with van der Waals surface area (Å²) >= 11 is 0. The van der Waals surface area contributed by atoms with Gasteiger partial charge in [0.25, 0.3) is 0 Å². The average Bonchev–Trinajstić information content (AvgIpc) is 2.23. The lowest BCUT2D eigenvalue weighted by Crippen LogP contribution is -2.03. The summed E-state index contributed by atoms with van der Waals surface area (Å²) in [6.07, 6.45) is 10.6. The van der Waals surface area contributed by atoms with E-state index in [9.17, 15) is 4.79 Å². The molecule has 0 bridgehead atoms. The predicted octanol–water partition coefficient (Wildman–Crippen LogP) is 3.28. The summed E-state index contributed by atoms with van der Waals surface area (Å²) in [5.41, 5.74) is 1.17. The van der Waals surface area contributed by atoms with Gasteiger partial charge in [0.15, 0.2) is 0 Å². The maximum Gasteiger partial charge on any atom is 0.248 e. The minimum Gasteiger partial charge on any atom is -0.329 e. The van der Waals surface area contributed by atoms with E-state index < -0.39 is 0 Å². The fourth-order valence-electron chi connectivity index (χ4n) is 1.75. The van der Waals surface area contributed by atoms with E-state index in [1.165, 1.54) is 38.5 Å². The van der Waals surface area contributed by atoms with Gasteiger partial charge in [0, 0.05) is 12.3 Å². The third-order valence-electron chi connectivity index (χ3n) is 2.66. The summed E-state index contributed by atoms with van der Waals surface area (Å²) < 4.78 is 0. The molecule has 0 amide bonds. The van der Waals surface area contributed by atoms with Crippen LogP contribution in [-0.2, 0) is 6.42 Å². The SMILES string of the molecule is CCCCCCCCc1cc[nH]c(=O)c1. The van der Waals surface area contributed by atoms with Gasteiger partial charge in [-0.3, -0.25) is 4.79 Å². The number of hydrogen-bond donors (Lipinski definition) is 1. The normalized spacial score (nSPS) is 10.5. The Labute approximate surface area is 91.7 Å². The first-order valence-electron chi connectivity index (χ1n) is 6.00. The largest absolute Gasteiger partial charge is 0.329 e. The molecule has 84 valence electrons. The first-order valence-corrected chi connectivity index (χ1v) is 6.00. The van der Waals surface area contributed by atoms with E-state index in [0.717, 1.165) is 12.0 Å². The fraction of sp³-hybridized carbons (Fsp3) is 0.615. The quantitative estimate of drug-likeness (QED) is 0.684. The Morgan fingerprint density at radius 2 is 1.87 bits per heavy atom. The molecular weight excluding hydrogens is 186 g/mol. The van der Waals surface area contributed by atoms with Gasteiger partial charge in [-0.05, 0) is 24.5 Å². The number of H-pyrrole nitrogens is 1. The van der Waals surface area contributed by atoms with Crippen LogP contribution in [0.25, 0.3) is 0 Å². The second-order valence-corrected chi connectivity index (χ2v) is 4.08. The number of aromatic amines is 1. The Balaban J connectivity index is 2.12. The molecule has 0 fully saturated rings. The standard InChI is InChI=1S/C13H21NO/c1-2-3-4-5-6-7-8-12-9-10-14-13(15)11-12/h9-11H,2-8H2,1H3,(H,14,15). The second-order valence-electron chi connectivity index (χ2n) is 4.08. The Morgan fingerprint density at radius 1 is 1.13 bits per heavy atom. The van der Waals surface area contributed by atoms with Crippen LogP contribution < -0.4 is 5.56 Å². The van der Waals surface area contributed by atoms with Gasteiger partial charge in [0.1, 0.15) is 0 Å². The highest BCUT2D eigenvalue weighted by Crippen LogP contribution is 2.08. The van der Waals surface area contributed by atoms with Crippen LogP contribution in [0, 0.1) is 0 Å². The van der Waals surface area contributed by atoms with Crippen molar-refractivity contribution < 1.29 is 0 Å². The topological polar surface area (TPSA) is 32.9 Å². The molecule has 0 radical (unpaired) electrons. The number of rotatable bonds is 7. The second kappa shape index (κ2) is 7.27. The summed E-state index contributed by atoms with van der Waals surface area (Å²) in [5.74, 6) is 0. The van der Waals surface area contributed by atoms with Gasteiger partial charge in [-0.2, -0.15) is 0 Å². The van der Waals surface area contributed by atoms with Crippen molar-refractivity contribution in [3.63, 3.8) is 0 Å². The van der Waals surface area contributed by atoms with Gasteiger partial charge in [0.05, 0.1) is 0 Å². The summed E-state index contributed by atoms with van der Waals surface area (Å²) in [4.78, 5) is 13.6. The minimum atomic E-state index is 0.0125. The zero-order chi connectivity index (χ0) is 10.9. The van der Waals surface area contributed by atoms with Crippen LogP contribution in [0.4, 0.5) is 0 Å². The Kier molecular flexibility index (Phi) is 5.83. The number of pyridine rings is 1. The number of hydrogen-bond acceptors (Lipinski definition) is 1. The average molecular weight is 207 g/mol. The highest BCUT2D eigenvalue weighted by molar-refractivity contribution is 5.09. The fourth-order valence-corrected chi connectivity index (χ4v) is 1.75. The third-order valence-corrected chi connectivity index (χ3v) is 2.66. The Morgan fingerprint density at radius 3 is 2.60 bits per heavy atom. The zero-order valence-corrected chi connectivity index (χ0v) is 9.59. The Hall–Kier alpha value is -1.05. The molecular formula is C13H21NO. The van der Waals surface area contributed by atoms with Crippen LogP contribution >= 0.6 is 0 Å². The van der Waals surface area contributed by atoms with E-state index in [1.54, 1.807) is 12.3 Å². The molecule has 1 aromatic rings. The first kappa shape index (κ1) is 12.0. The first-order chi connectivity index (χ1) is 7.33. The van der Waals surface area contributed by atoms with Crippen molar-refractivity contribution in [1.29, 1.82) is 0 Å². The van der Waals surface area contributed by atoms with Crippen molar-refractivity contribution in [1.82, 2.24) is 4.98 Å². The molecule has 2 heteroatoms. The van der Waals surface area contributed by atoms with E-state index in [2.05, 4.69) is 11.9 Å². The summed E-state index contributed by atoms with van der Waals surface area (Å²) in [6, 6.07) is 3.69. The Bertz CT molecular complexity index is 316. The zero-order valence-electron chi connectivity index (χ0n) is 9.59. The van der Waals surface area contributed by atoms with E-state index in [4.69, 9.17) is 0 Å². The maximum atomic E-state index is 11.0. The highest BCUT2D eigenvalue weighted by atomic mass is 16.1. The molecule has 0 unspecified atom stereocenters. The van der Waals surface area contributed by atoms with E-state index in [-0.39, 0.29) is 5.56 Å². The van der Waals surface area contributed by atoms with Crippen LogP contribution in [-0.4, -0.2) is 4.98 Å². The van der Waals surface area contributed by atoms with Crippen LogP contribution in [0.5, 0.6) is 0 Å². The van der Waals surface area contributed by atoms with E-state index >= 15 is 0 Å². The van der Waals surface area contributed by atoms with Crippen molar-refractivity contribution >= 4 is 0 Å². The molecule has 1 N–H and O–H groups in total. The third kappa shape index (κ3) is 5.40. The molecule has 0 saturated carbocycles. The molecule has 1 aromatic heterocycles. The van der Waals surface area contributed by atoms with Crippen molar-refractivity contribution in [2.45, 2.75) is 51.9 Å². The van der Waals surface area contributed by atoms with Crippen molar-refractivity contribution in [3.8, 4) is 0 Å². The maximum absolute atomic E-state index is 11.0.